The Morgan fingerprint density at radius 3 is 2.50 bits per heavy atom. The number of aryl methyl sites for hydroxylation is 1. The normalized spacial score (nSPS) is 13.0. The van der Waals surface area contributed by atoms with Crippen LogP contribution < -0.4 is 11.1 Å². The minimum absolute atomic E-state index is 0.132. The number of nitrogens with two attached hydrogens (primary N) is 1. The average molecular weight is 566 g/mol. The van der Waals surface area contributed by atoms with E-state index in [9.17, 15) is 9.59 Å². The molecule has 0 fully saturated rings. The van der Waals surface area contributed by atoms with Crippen LogP contribution >= 0.6 is 34.5 Å². The number of hydrogen-bond donors (Lipinski definition) is 2. The van der Waals surface area contributed by atoms with E-state index in [0.717, 1.165) is 36.1 Å². The number of para-hydroxylation sites is 2. The van der Waals surface area contributed by atoms with Gasteiger partial charge in [-0.1, -0.05) is 35.3 Å². The predicted molar refractivity (Wildman–Crippen MR) is 151 cm³/mol. The second kappa shape index (κ2) is 9.58. The molecular weight excluding hydrogens is 545 g/mol. The van der Waals surface area contributed by atoms with Gasteiger partial charge < -0.3 is 15.8 Å². The second-order valence-electron chi connectivity index (χ2n) is 8.94. The first kappa shape index (κ1) is 24.7. The Balaban J connectivity index is 1.54. The first-order valence-electron chi connectivity index (χ1n) is 11.9. The van der Waals surface area contributed by atoms with E-state index in [2.05, 4.69) is 5.32 Å². The highest BCUT2D eigenvalue weighted by Gasteiger charge is 2.30. The number of carbonyl (C=O) groups excluding carboxylic acids is 2. The smallest absolute Gasteiger partial charge is 0.341 e. The number of fused-ring (bicyclic) bond motifs is 3. The van der Waals surface area contributed by atoms with E-state index in [1.165, 1.54) is 18.4 Å². The van der Waals surface area contributed by atoms with Crippen LogP contribution in [-0.4, -0.2) is 33.5 Å². The lowest BCUT2D eigenvalue weighted by Crippen LogP contribution is -2.16. The highest BCUT2D eigenvalue weighted by molar-refractivity contribution is 7.17. The molecule has 8 nitrogen and oxygen atoms in total. The van der Waals surface area contributed by atoms with E-state index in [1.54, 1.807) is 22.8 Å². The summed E-state index contributed by atoms with van der Waals surface area (Å²) in [6.07, 6.45) is 3.64. The fourth-order valence-electron chi connectivity index (χ4n) is 4.91. The van der Waals surface area contributed by atoms with Crippen molar-refractivity contribution in [3.8, 4) is 5.69 Å². The summed E-state index contributed by atoms with van der Waals surface area (Å²) in [5.74, 6) is -0.844. The van der Waals surface area contributed by atoms with Crippen molar-refractivity contribution in [2.75, 3.05) is 18.2 Å². The van der Waals surface area contributed by atoms with Crippen LogP contribution in [0.15, 0.2) is 42.5 Å². The summed E-state index contributed by atoms with van der Waals surface area (Å²) < 4.78 is 6.69. The van der Waals surface area contributed by atoms with Crippen LogP contribution in [0.1, 0.15) is 44.0 Å². The summed E-state index contributed by atoms with van der Waals surface area (Å²) in [5.41, 5.74) is 10.7. The van der Waals surface area contributed by atoms with Gasteiger partial charge in [0.2, 0.25) is 0 Å². The number of hydrogen-bond acceptors (Lipinski definition) is 7. The molecule has 3 N–H and O–H groups in total. The molecule has 11 heteroatoms. The van der Waals surface area contributed by atoms with E-state index in [1.807, 2.05) is 24.3 Å². The maximum absolute atomic E-state index is 13.9. The Morgan fingerprint density at radius 1 is 1.03 bits per heavy atom. The van der Waals surface area contributed by atoms with Gasteiger partial charge in [-0.3, -0.25) is 9.36 Å². The molecule has 0 bridgehead atoms. The van der Waals surface area contributed by atoms with Gasteiger partial charge in [-0.15, -0.1) is 11.3 Å². The van der Waals surface area contributed by atoms with E-state index in [0.29, 0.717) is 48.5 Å². The third-order valence-corrected chi connectivity index (χ3v) is 8.62. The van der Waals surface area contributed by atoms with Crippen LogP contribution in [0.25, 0.3) is 27.9 Å². The highest BCUT2D eigenvalue weighted by Crippen LogP contribution is 2.40. The minimum Gasteiger partial charge on any atom is -0.465 e. The summed E-state index contributed by atoms with van der Waals surface area (Å²) in [4.78, 5) is 37.2. The summed E-state index contributed by atoms with van der Waals surface area (Å²) in [5, 5.41) is 4.09. The summed E-state index contributed by atoms with van der Waals surface area (Å²) in [6.45, 7) is 0. The zero-order valence-corrected chi connectivity index (χ0v) is 22.5. The number of esters is 1. The van der Waals surface area contributed by atoms with Crippen LogP contribution in [0, 0.1) is 0 Å². The summed E-state index contributed by atoms with van der Waals surface area (Å²) in [7, 11) is 1.34. The van der Waals surface area contributed by atoms with E-state index >= 15 is 0 Å². The van der Waals surface area contributed by atoms with E-state index in [4.69, 9.17) is 43.6 Å². The second-order valence-corrected chi connectivity index (χ2v) is 10.9. The number of thiophene rings is 1. The molecule has 0 spiro atoms. The van der Waals surface area contributed by atoms with Gasteiger partial charge in [0, 0.05) is 4.88 Å². The first-order chi connectivity index (χ1) is 18.4. The van der Waals surface area contributed by atoms with Crippen LogP contribution in [0.2, 0.25) is 10.0 Å². The van der Waals surface area contributed by atoms with E-state index < -0.39 is 11.9 Å². The van der Waals surface area contributed by atoms with Crippen molar-refractivity contribution in [1.29, 1.82) is 0 Å². The molecule has 0 aliphatic heterocycles. The third-order valence-electron chi connectivity index (χ3n) is 6.67. The number of nitrogen functional groups attached to an aromatic ring is 1. The Morgan fingerprint density at radius 2 is 1.76 bits per heavy atom. The number of aromatic nitrogens is 3. The summed E-state index contributed by atoms with van der Waals surface area (Å²) >= 11 is 13.9. The molecule has 0 saturated heterocycles. The lowest BCUT2D eigenvalue weighted by atomic mass is 9.95. The van der Waals surface area contributed by atoms with Gasteiger partial charge in [0.05, 0.1) is 39.4 Å². The molecular formula is C27H21Cl2N5O3S. The van der Waals surface area contributed by atoms with Crippen LogP contribution in [0.3, 0.4) is 0 Å². The lowest BCUT2D eigenvalue weighted by molar-refractivity contribution is 0.0601. The largest absolute Gasteiger partial charge is 0.465 e. The summed E-state index contributed by atoms with van der Waals surface area (Å²) in [6, 6.07) is 12.4. The van der Waals surface area contributed by atoms with Crippen LogP contribution in [0.4, 0.5) is 10.8 Å². The zero-order valence-electron chi connectivity index (χ0n) is 20.2. The quantitative estimate of drug-likeness (QED) is 0.242. The Bertz CT molecular complexity index is 1780. The van der Waals surface area contributed by atoms with Gasteiger partial charge in [0.1, 0.15) is 21.9 Å². The minimum atomic E-state index is -0.500. The number of ether oxygens (including phenoxy) is 1. The molecule has 0 radical (unpaired) electrons. The van der Waals surface area contributed by atoms with Crippen molar-refractivity contribution < 1.29 is 14.3 Å². The van der Waals surface area contributed by atoms with Gasteiger partial charge in [0.25, 0.3) is 5.91 Å². The maximum atomic E-state index is 13.9. The van der Waals surface area contributed by atoms with Crippen LogP contribution in [0.5, 0.6) is 0 Å². The Hall–Kier alpha value is -3.66. The van der Waals surface area contributed by atoms with E-state index in [-0.39, 0.29) is 11.4 Å². The van der Waals surface area contributed by atoms with Crippen molar-refractivity contribution >= 4 is 79.4 Å². The number of amides is 1. The lowest BCUT2D eigenvalue weighted by Gasteiger charge is -2.12. The Labute approximate surface area is 231 Å². The Kier molecular flexibility index (Phi) is 6.22. The fourth-order valence-corrected chi connectivity index (χ4v) is 6.47. The number of carbonyl (C=O) groups is 2. The molecule has 38 heavy (non-hydrogen) atoms. The SMILES string of the molecule is COC(=O)c1c(NC(=O)c2c(N)n(-c3ccc(Cl)c(Cl)c3)c3nc4ccccc4nc23)sc2c1CCCC2. The topological polar surface area (TPSA) is 112 Å². The first-order valence-corrected chi connectivity index (χ1v) is 13.5. The molecule has 1 amide bonds. The van der Waals surface area contributed by atoms with Gasteiger partial charge in [-0.2, -0.15) is 0 Å². The molecule has 6 rings (SSSR count). The maximum Gasteiger partial charge on any atom is 0.341 e. The number of rotatable bonds is 4. The van der Waals surface area contributed by atoms with Crippen molar-refractivity contribution in [3.05, 3.63) is 74.1 Å². The van der Waals surface area contributed by atoms with Crippen molar-refractivity contribution in [2.24, 2.45) is 0 Å². The van der Waals surface area contributed by atoms with Crippen molar-refractivity contribution in [2.45, 2.75) is 25.7 Å². The average Bonchev–Trinajstić information content (AvgIpc) is 3.42. The zero-order chi connectivity index (χ0) is 26.6. The number of anilines is 2. The molecule has 0 saturated carbocycles. The molecule has 5 aromatic rings. The fraction of sp³-hybridized carbons (Fsp3) is 0.185. The molecule has 2 aromatic carbocycles. The molecule has 1 aliphatic rings. The highest BCUT2D eigenvalue weighted by atomic mass is 35.5. The van der Waals surface area contributed by atoms with Gasteiger partial charge in [0.15, 0.2) is 5.65 Å². The molecule has 0 unspecified atom stereocenters. The van der Waals surface area contributed by atoms with Gasteiger partial charge in [-0.25, -0.2) is 14.8 Å². The number of nitrogens with zero attached hydrogens (tertiary/aromatic N) is 3. The number of benzene rings is 2. The van der Waals surface area contributed by atoms with Crippen LogP contribution in [-0.2, 0) is 17.6 Å². The molecule has 192 valence electrons. The number of nitrogens with one attached hydrogen (secondary N) is 1. The molecule has 3 heterocycles. The number of halogens is 2. The van der Waals surface area contributed by atoms with Gasteiger partial charge in [-0.05, 0) is 61.6 Å². The number of methoxy groups -OCH3 is 1. The monoisotopic (exact) mass is 565 g/mol. The van der Waals surface area contributed by atoms with Gasteiger partial charge >= 0.3 is 5.97 Å². The molecule has 1 aliphatic carbocycles. The standard InChI is InChI=1S/C27H21Cl2N5O3S/c1-37-27(36)20-14-6-2-5-9-19(14)38-26(20)33-25(35)21-22-24(32-18-8-4-3-7-17(18)31-22)34(23(21)30)13-10-11-15(28)16(29)12-13/h3-4,7-8,10-12H,2,5-6,9,30H2,1H3,(H,33,35). The van der Waals surface area contributed by atoms with Crippen molar-refractivity contribution in [3.63, 3.8) is 0 Å². The third kappa shape index (κ3) is 3.98. The molecule has 3 aromatic heterocycles. The van der Waals surface area contributed by atoms with Crippen molar-refractivity contribution in [1.82, 2.24) is 14.5 Å². The predicted octanol–water partition coefficient (Wildman–Crippen LogP) is 6.44. The molecule has 0 atom stereocenters.